The molecular weight excluding hydrogens is 445 g/mol. The maximum absolute atomic E-state index is 4.94. The Morgan fingerprint density at radius 2 is 0.826 bits per heavy atom. The van der Waals surface area contributed by atoms with E-state index in [9.17, 15) is 0 Å². The SMILES string of the molecule is C1CCOC1.C1CCOC1.C[c-]1cccc1.C[c-]1cccc1.[Yb]. The van der Waals surface area contributed by atoms with Crippen LogP contribution in [-0.2, 0) is 9.47 Å². The second-order valence-corrected chi connectivity index (χ2v) is 5.56. The fourth-order valence-corrected chi connectivity index (χ4v) is 1.96. The van der Waals surface area contributed by atoms with Gasteiger partial charge in [0.2, 0.25) is 0 Å². The molecule has 2 saturated heterocycles. The van der Waals surface area contributed by atoms with Gasteiger partial charge in [0.25, 0.3) is 0 Å². The van der Waals surface area contributed by atoms with E-state index < -0.39 is 0 Å². The molecule has 0 saturated carbocycles. The molecule has 2 aromatic rings. The molecule has 2 nitrogen and oxygen atoms in total. The van der Waals surface area contributed by atoms with Crippen molar-refractivity contribution in [3.8, 4) is 0 Å². The van der Waals surface area contributed by atoms with Gasteiger partial charge in [0.1, 0.15) is 0 Å². The topological polar surface area (TPSA) is 18.5 Å². The monoisotopic (exact) mass is 476 g/mol. The number of ether oxygens (including phenoxy) is 2. The van der Waals surface area contributed by atoms with Crippen molar-refractivity contribution in [3.05, 3.63) is 59.7 Å². The van der Waals surface area contributed by atoms with Gasteiger partial charge in [-0.05, 0) is 25.7 Å². The summed E-state index contributed by atoms with van der Waals surface area (Å²) >= 11 is 0. The first kappa shape index (κ1) is 23.1. The van der Waals surface area contributed by atoms with Crippen LogP contribution in [0.1, 0.15) is 36.8 Å². The number of hydrogen-bond donors (Lipinski definition) is 0. The largest absolute Gasteiger partial charge is 0.381 e. The van der Waals surface area contributed by atoms with E-state index in [0.29, 0.717) is 0 Å². The van der Waals surface area contributed by atoms with Gasteiger partial charge in [-0.15, -0.1) is 0 Å². The molecule has 0 radical (unpaired) electrons. The van der Waals surface area contributed by atoms with E-state index in [-0.39, 0.29) is 46.9 Å². The predicted octanol–water partition coefficient (Wildman–Crippen LogP) is 5.02. The molecule has 138 valence electrons. The summed E-state index contributed by atoms with van der Waals surface area (Å²) in [6.45, 7) is 8.17. The summed E-state index contributed by atoms with van der Waals surface area (Å²) in [5, 5.41) is 0. The summed E-state index contributed by atoms with van der Waals surface area (Å²) in [6.07, 6.45) is 5.11. The quantitative estimate of drug-likeness (QED) is 0.498. The molecule has 23 heavy (non-hydrogen) atoms. The van der Waals surface area contributed by atoms with Crippen molar-refractivity contribution < 1.29 is 56.4 Å². The predicted molar refractivity (Wildman–Crippen MR) is 93.7 cm³/mol. The number of aryl methyl sites for hydroxylation is 2. The van der Waals surface area contributed by atoms with Crippen molar-refractivity contribution in [2.75, 3.05) is 26.4 Å². The number of hydrogen-bond acceptors (Lipinski definition) is 2. The second kappa shape index (κ2) is 17.0. The van der Waals surface area contributed by atoms with Crippen LogP contribution in [0.25, 0.3) is 0 Å². The number of rotatable bonds is 0. The Bertz CT molecular complexity index is 355. The van der Waals surface area contributed by atoms with Gasteiger partial charge in [0.05, 0.1) is 0 Å². The van der Waals surface area contributed by atoms with E-state index in [4.69, 9.17) is 9.47 Å². The van der Waals surface area contributed by atoms with Crippen molar-refractivity contribution in [2.45, 2.75) is 39.5 Å². The van der Waals surface area contributed by atoms with E-state index in [1.54, 1.807) is 0 Å². The van der Waals surface area contributed by atoms with Gasteiger partial charge in [0, 0.05) is 73.4 Å². The maximum Gasteiger partial charge on any atom is 0.0466 e. The second-order valence-electron chi connectivity index (χ2n) is 5.56. The fraction of sp³-hybridized carbons (Fsp3) is 0.500. The van der Waals surface area contributed by atoms with Gasteiger partial charge in [-0.2, -0.15) is 35.4 Å². The third-order valence-corrected chi connectivity index (χ3v) is 3.31. The van der Waals surface area contributed by atoms with Gasteiger partial charge in [-0.3, -0.25) is 0 Å². The zero-order valence-electron chi connectivity index (χ0n) is 14.4. The van der Waals surface area contributed by atoms with E-state index in [1.807, 2.05) is 24.3 Å². The van der Waals surface area contributed by atoms with Crippen LogP contribution in [0.4, 0.5) is 0 Å². The van der Waals surface area contributed by atoms with Gasteiger partial charge < -0.3 is 9.47 Å². The molecule has 0 amide bonds. The van der Waals surface area contributed by atoms with Crippen LogP contribution in [-0.4, -0.2) is 26.4 Å². The van der Waals surface area contributed by atoms with Crippen LogP contribution in [0.3, 0.4) is 0 Å². The zero-order chi connectivity index (χ0) is 15.9. The third-order valence-electron chi connectivity index (χ3n) is 3.31. The average Bonchev–Trinajstić information content (AvgIpc) is 3.32. The summed E-state index contributed by atoms with van der Waals surface area (Å²) in [5.74, 6) is 0. The van der Waals surface area contributed by atoms with Crippen molar-refractivity contribution in [1.82, 2.24) is 0 Å². The first-order valence-electron chi connectivity index (χ1n) is 8.31. The Morgan fingerprint density at radius 3 is 0.913 bits per heavy atom. The van der Waals surface area contributed by atoms with E-state index in [0.717, 1.165) is 26.4 Å². The van der Waals surface area contributed by atoms with Crippen molar-refractivity contribution in [1.29, 1.82) is 0 Å². The van der Waals surface area contributed by atoms with Crippen molar-refractivity contribution in [2.24, 2.45) is 0 Å². The summed E-state index contributed by atoms with van der Waals surface area (Å²) < 4.78 is 9.89. The molecule has 0 atom stereocenters. The first-order valence-corrected chi connectivity index (χ1v) is 8.31. The average molecular weight is 475 g/mol. The van der Waals surface area contributed by atoms with Crippen LogP contribution in [0.15, 0.2) is 48.5 Å². The van der Waals surface area contributed by atoms with E-state index >= 15 is 0 Å². The first-order chi connectivity index (χ1) is 10.8. The molecule has 0 spiro atoms. The molecule has 4 rings (SSSR count). The standard InChI is InChI=1S/2C6H7.2C4H8O.Yb/c2*1-6-4-2-3-5-6;2*1-2-4-5-3-1;/h2*2-5H,1H3;2*1-4H2;/q2*-1;;;. The Labute approximate surface area is 180 Å². The Balaban J connectivity index is 0.000000278. The molecular formula is C20H30O2Yb-2. The smallest absolute Gasteiger partial charge is 0.0466 e. The van der Waals surface area contributed by atoms with Crippen LogP contribution in [0.5, 0.6) is 0 Å². The van der Waals surface area contributed by atoms with Crippen molar-refractivity contribution in [3.63, 3.8) is 0 Å². The third kappa shape index (κ3) is 15.4. The Kier molecular flexibility index (Phi) is 17.1. The van der Waals surface area contributed by atoms with Crippen LogP contribution >= 0.6 is 0 Å². The summed E-state index contributed by atoms with van der Waals surface area (Å²) in [5.41, 5.74) is 2.69. The molecule has 2 heterocycles. The summed E-state index contributed by atoms with van der Waals surface area (Å²) in [4.78, 5) is 0. The molecule has 2 aliphatic rings. The molecule has 2 aromatic carbocycles. The van der Waals surface area contributed by atoms with Gasteiger partial charge in [0.15, 0.2) is 0 Å². The zero-order valence-corrected chi connectivity index (χ0v) is 16.1. The van der Waals surface area contributed by atoms with E-state index in [2.05, 4.69) is 38.1 Å². The molecule has 3 heteroatoms. The minimum atomic E-state index is 0. The molecule has 0 N–H and O–H groups in total. The van der Waals surface area contributed by atoms with Crippen LogP contribution in [0, 0.1) is 60.8 Å². The van der Waals surface area contributed by atoms with Crippen LogP contribution in [0.2, 0.25) is 0 Å². The molecule has 2 fully saturated rings. The van der Waals surface area contributed by atoms with E-state index in [1.165, 1.54) is 36.8 Å². The van der Waals surface area contributed by atoms with Gasteiger partial charge in [-0.1, -0.05) is 13.8 Å². The molecule has 0 unspecified atom stereocenters. The normalized spacial score (nSPS) is 15.0. The van der Waals surface area contributed by atoms with Crippen molar-refractivity contribution >= 4 is 0 Å². The summed E-state index contributed by atoms with van der Waals surface area (Å²) in [6, 6.07) is 16.5. The maximum atomic E-state index is 4.94. The molecule has 0 aromatic heterocycles. The van der Waals surface area contributed by atoms with Crippen LogP contribution < -0.4 is 0 Å². The molecule has 2 aliphatic heterocycles. The minimum Gasteiger partial charge on any atom is -0.381 e. The Hall–Kier alpha value is 0.139. The van der Waals surface area contributed by atoms with Gasteiger partial charge in [-0.25, -0.2) is 24.3 Å². The molecule has 0 aliphatic carbocycles. The fourth-order valence-electron chi connectivity index (χ4n) is 1.96. The molecule has 0 bridgehead atoms. The Morgan fingerprint density at radius 1 is 0.565 bits per heavy atom. The minimum absolute atomic E-state index is 0. The van der Waals surface area contributed by atoms with Gasteiger partial charge >= 0.3 is 0 Å². The summed E-state index contributed by atoms with van der Waals surface area (Å²) in [7, 11) is 0.